The first-order valence-corrected chi connectivity index (χ1v) is 43.7. The summed E-state index contributed by atoms with van der Waals surface area (Å²) in [5.41, 5.74) is 0.212. The highest BCUT2D eigenvalue weighted by Gasteiger charge is 2.59. The Hall–Kier alpha value is -2.97. The first kappa shape index (κ1) is 108. The maximum atomic E-state index is 13.1. The summed E-state index contributed by atoms with van der Waals surface area (Å²) in [6, 6.07) is 0. The Morgan fingerprint density at radius 2 is 0.659 bits per heavy atom. The molecule has 9 saturated heterocycles. The Morgan fingerprint density at radius 3 is 1.02 bits per heavy atom. The maximum absolute atomic E-state index is 13.1. The van der Waals surface area contributed by atoms with Gasteiger partial charge in [-0.3, -0.25) is 14.0 Å². The van der Waals surface area contributed by atoms with Gasteiger partial charge in [0.05, 0.1) is 72.2 Å². The predicted octanol–water partition coefficient (Wildman–Crippen LogP) is -9.91. The molecule has 42 atom stereocenters. The van der Waals surface area contributed by atoms with Crippen LogP contribution in [0.4, 0.5) is 0 Å². The number of hydrogen-bond acceptors (Lipinski definition) is 46. The smallest absolute Gasteiger partial charge is 0.221 e. The van der Waals surface area contributed by atoms with Crippen LogP contribution in [-0.2, 0) is 103 Å². The number of ether oxygens (including phenoxy) is 17. The third-order valence-corrected chi connectivity index (χ3v) is 23.7. The van der Waals surface area contributed by atoms with Gasteiger partial charge in [-0.15, -0.1) is 5.10 Å². The minimum Gasteiger partial charge on any atom is -0.394 e. The van der Waals surface area contributed by atoms with Crippen molar-refractivity contribution < 1.29 is 218 Å². The van der Waals surface area contributed by atoms with Crippen LogP contribution in [0.2, 0.25) is 0 Å². The second kappa shape index (κ2) is 53.4. The van der Waals surface area contributed by atoms with E-state index < -0.39 is 323 Å². The van der Waals surface area contributed by atoms with Crippen molar-refractivity contribution in [2.45, 2.75) is 408 Å². The first-order valence-electron chi connectivity index (χ1n) is 43.3. The third kappa shape index (κ3) is 28.3. The van der Waals surface area contributed by atoms with E-state index in [9.17, 15) is 132 Å². The lowest BCUT2D eigenvalue weighted by Gasteiger charge is -2.50. The van der Waals surface area contributed by atoms with E-state index in [0.29, 0.717) is 6.54 Å². The predicted molar refractivity (Wildman–Crippen MR) is 418 cm³/mol. The van der Waals surface area contributed by atoms with E-state index in [2.05, 4.69) is 24.2 Å². The van der Waals surface area contributed by atoms with Gasteiger partial charge in [0.25, 0.3) is 0 Å². The molecule has 49 heteroatoms. The summed E-state index contributed by atoms with van der Waals surface area (Å²) in [6.07, 6.45) is -58.7. The molecule has 16 unspecified atom stereocenters. The minimum absolute atomic E-state index is 0.212. The molecule has 10 heterocycles. The summed E-state index contributed by atoms with van der Waals surface area (Å²) in [5, 5.41) is 283. The molecule has 734 valence electrons. The summed E-state index contributed by atoms with van der Waals surface area (Å²) in [4.78, 5) is 14.1. The van der Waals surface area contributed by atoms with Crippen LogP contribution in [0.3, 0.4) is 0 Å². The van der Waals surface area contributed by atoms with Gasteiger partial charge in [-0.2, -0.15) is 0 Å². The Kier molecular flexibility index (Phi) is 45.9. The van der Waals surface area contributed by atoms with Crippen molar-refractivity contribution in [3.05, 3.63) is 11.9 Å². The van der Waals surface area contributed by atoms with Crippen LogP contribution in [-0.4, -0.2) is 471 Å². The van der Waals surface area contributed by atoms with Crippen LogP contribution in [0, 0.1) is 0 Å². The highest BCUT2D eigenvalue weighted by atomic mass is 31.0. The molecule has 1 amide bonds. The zero-order valence-corrected chi connectivity index (χ0v) is 71.9. The van der Waals surface area contributed by atoms with Crippen molar-refractivity contribution in [1.29, 1.82) is 0 Å². The summed E-state index contributed by atoms with van der Waals surface area (Å²) >= 11 is 0. The van der Waals surface area contributed by atoms with Gasteiger partial charge in [0, 0.05) is 13.5 Å². The molecule has 0 spiro atoms. The maximum Gasteiger partial charge on any atom is 0.221 e. The zero-order valence-electron chi connectivity index (χ0n) is 70.9. The van der Waals surface area contributed by atoms with Gasteiger partial charge in [0.15, 0.2) is 56.5 Å². The zero-order chi connectivity index (χ0) is 92.5. The molecule has 1 aromatic heterocycles. The van der Waals surface area contributed by atoms with Gasteiger partial charge in [0.2, 0.25) is 5.91 Å². The number of aliphatic hydroxyl groups excluding tert-OH is 25. The van der Waals surface area contributed by atoms with Crippen molar-refractivity contribution >= 4 is 15.0 Å². The molecule has 0 aliphatic carbocycles. The molecule has 9 fully saturated rings. The van der Waals surface area contributed by atoms with E-state index in [4.69, 9.17) is 85.1 Å². The Balaban J connectivity index is 0.000000828. The molecule has 0 saturated carbocycles. The number of rotatable bonds is 42. The molecule has 25 N–H and O–H groups in total. The number of amides is 1. The van der Waals surface area contributed by atoms with E-state index in [-0.39, 0.29) is 12.2 Å². The second-order valence-corrected chi connectivity index (χ2v) is 33.0. The third-order valence-electron chi connectivity index (χ3n) is 23.7. The molecule has 10 rings (SSSR count). The van der Waals surface area contributed by atoms with Gasteiger partial charge in [-0.05, 0) is 6.92 Å². The Labute approximate surface area is 729 Å². The van der Waals surface area contributed by atoms with Crippen molar-refractivity contribution in [3.63, 3.8) is 0 Å². The van der Waals surface area contributed by atoms with Gasteiger partial charge in [0.1, 0.15) is 216 Å². The van der Waals surface area contributed by atoms with Gasteiger partial charge in [-0.1, -0.05) is 128 Å². The summed E-state index contributed by atoms with van der Waals surface area (Å²) in [5.74, 6) is -0.720. The van der Waals surface area contributed by atoms with Crippen molar-refractivity contribution in [1.82, 2.24) is 19.9 Å². The number of nitrogens with zero attached hydrogens (tertiary/aromatic N) is 4. The van der Waals surface area contributed by atoms with Gasteiger partial charge < -0.3 is 213 Å². The first-order chi connectivity index (χ1) is 60.2. The summed E-state index contributed by atoms with van der Waals surface area (Å²) < 4.78 is 109. The lowest BCUT2D eigenvalue weighted by molar-refractivity contribution is -0.396. The van der Waals surface area contributed by atoms with E-state index >= 15 is 0 Å². The van der Waals surface area contributed by atoms with Crippen LogP contribution in [0.1, 0.15) is 143 Å². The van der Waals surface area contributed by atoms with Crippen LogP contribution >= 0.6 is 9.12 Å². The van der Waals surface area contributed by atoms with Crippen molar-refractivity contribution in [2.75, 3.05) is 59.5 Å². The fourth-order valence-corrected chi connectivity index (χ4v) is 16.0. The largest absolute Gasteiger partial charge is 0.394 e. The minimum atomic E-state index is -2.50. The fraction of sp³-hybridized carbons (Fsp3) is 0.961. The number of carbonyl (C=O) groups is 1. The molecule has 0 aromatic carbocycles. The van der Waals surface area contributed by atoms with Crippen LogP contribution in [0.15, 0.2) is 6.20 Å². The normalized spacial score (nSPS) is 42.9. The van der Waals surface area contributed by atoms with Crippen LogP contribution in [0.25, 0.3) is 0 Å². The molecule has 48 nitrogen and oxygen atoms in total. The highest BCUT2D eigenvalue weighted by Crippen LogP contribution is 2.39. The van der Waals surface area contributed by atoms with E-state index in [1.54, 1.807) is 16.0 Å². The summed E-state index contributed by atoms with van der Waals surface area (Å²) in [6.45, 7) is -0.488. The number of hydrogen-bond donors (Lipinski definition) is 25. The number of aromatic nitrogens is 3. The number of unbranched alkanes of at least 4 members (excludes halogenated alkanes) is 16. The Morgan fingerprint density at radius 1 is 0.357 bits per heavy atom. The van der Waals surface area contributed by atoms with Crippen LogP contribution < -0.4 is 0 Å². The summed E-state index contributed by atoms with van der Waals surface area (Å²) in [7, 11) is 1.72. The topological polar surface area (TPSA) is 731 Å². The van der Waals surface area contributed by atoms with Crippen molar-refractivity contribution in [2.24, 2.45) is 0 Å². The lowest BCUT2D eigenvalue weighted by atomic mass is 9.95. The fourth-order valence-electron chi connectivity index (χ4n) is 16.0. The number of carbonyl (C=O) groups excluding carboxylic acids is 1. The second-order valence-electron chi connectivity index (χ2n) is 33.0. The molecule has 0 radical (unpaired) electrons. The number of aliphatic hydroxyl groups is 25. The molecule has 9 aliphatic heterocycles. The lowest BCUT2D eigenvalue weighted by Crippen LogP contribution is -2.68. The standard InChI is InChI=1S/C58H96N4O43.C19H40.HOP/c1-3-61-4-16(59-60-61)5-62(15(2)66)50-38(82)35(79)45(22(8-65)95-50)101-55-43(87)36(80)47(25(99-55)14-94-58-49(28(72)19(69)11-91-58)105-53-41(85)33(77)30(74)21(7-64)97-53)103-56-44(88)37(81)46(102-54-42(86)34(78)31(75)23(98-54)12-92-51-39(83)26(70)17(67)9-89-51)24(100-56)13-93-57-48(27(71)18(68)10-90-57)104-52-40(84)32(76)29(73)20(6-63)96-52;1-3-5-7-9-11-13-15-17-19-18-16-14-12-10-8-6-4-2;1-2/h4,17-58,63-65,67-88H,3,5-14H2,1-2H3;3-19H2,1-2H3;2H/t17-,18+,19-,20?,21?,22+,23?,24+,25?,26+,27?,28+,29+,30+,31-,32+,33+,34+,35?,36-,37?,38?,39?,40?,41?,42?,43?,44?,45-,46-,47-,48?,49?,50-,51-,52+,53+,54+,55+,56+,57+,58-;;/m1../s1. The average Bonchev–Trinajstić information content (AvgIpc) is 0.844. The molecular weight excluding hydrogens is 1720 g/mol. The van der Waals surface area contributed by atoms with Crippen molar-refractivity contribution in [3.8, 4) is 0 Å². The highest BCUT2D eigenvalue weighted by molar-refractivity contribution is 7.00. The van der Waals surface area contributed by atoms with E-state index in [0.717, 1.165) is 11.8 Å². The van der Waals surface area contributed by atoms with Crippen LogP contribution in [0.5, 0.6) is 0 Å². The number of aryl methyl sites for hydroxylation is 1. The Bertz CT molecular complexity index is 3170. The molecular formula is C77H137N4O44P. The molecule has 9 aliphatic rings. The molecule has 1 aromatic rings. The van der Waals surface area contributed by atoms with Gasteiger partial charge in [-0.25, -0.2) is 0 Å². The SMILES string of the molecule is CCCCCCCCCCCCCCCCCCC.CCn1cc(CN(C(C)=O)[C@@H]2O[C@@H](CO)[C@@H](O[C@@H]3OC(CO[C@H]4OC[C@@H](O)[C@H](O)C4O[C@@H]4OC(CO)[C@H](O)[C@H](O)C4O)[C@@H](O[C@@H]4O[C@@H](CO[C@@H]5OC[C@H](O)C(O)C5O[C@@H]5OC(CO)[C@H](O)[C@H](O)C5O)[C@@H](O[C@@H]5OC(CO[C@H]6OC[C@@H](O)[C@H](O)C6O)[C@@H](O)[C@H](O)C5O)C(O)C4O)[C@H](O)C3O)C(O)C2O)nn1.O=P. The van der Waals surface area contributed by atoms with E-state index in [1.807, 2.05) is 0 Å². The quantitative estimate of drug-likeness (QED) is 0.0213. The average molecular weight is 1850 g/mol. The monoisotopic (exact) mass is 1850 g/mol. The van der Waals surface area contributed by atoms with Gasteiger partial charge >= 0.3 is 0 Å². The van der Waals surface area contributed by atoms with E-state index in [1.165, 1.54) is 120 Å². The molecule has 126 heavy (non-hydrogen) atoms. The molecule has 0 bridgehead atoms.